The maximum atomic E-state index is 7.50. The van der Waals surface area contributed by atoms with Gasteiger partial charge in [0.25, 0.3) is 0 Å². The van der Waals surface area contributed by atoms with Gasteiger partial charge in [-0.15, -0.1) is 0 Å². The van der Waals surface area contributed by atoms with E-state index in [0.717, 1.165) is 0 Å². The third-order valence-corrected chi connectivity index (χ3v) is 3.44. The first-order chi connectivity index (χ1) is 10.3. The van der Waals surface area contributed by atoms with Crippen molar-refractivity contribution in [3.8, 4) is 5.88 Å². The molecule has 0 atom stereocenters. The van der Waals surface area contributed by atoms with Gasteiger partial charge in [-0.05, 0) is 46.1 Å². The van der Waals surface area contributed by atoms with Gasteiger partial charge in [0.15, 0.2) is 0 Å². The minimum atomic E-state index is -2.92. The number of aromatic nitrogens is 1. The van der Waals surface area contributed by atoms with E-state index in [9.17, 15) is 0 Å². The maximum absolute atomic E-state index is 7.50. The summed E-state index contributed by atoms with van der Waals surface area (Å²) < 4.78 is 53.2. The average Bonchev–Trinajstić information content (AvgIpc) is 2.57. The summed E-state index contributed by atoms with van der Waals surface area (Å²) in [7, 11) is -0.663. The fraction of sp³-hybridized carbons (Fsp3) is 0.615. The molecule has 2 heterocycles. The van der Waals surface area contributed by atoms with Crippen LogP contribution in [0.1, 0.15) is 41.4 Å². The second-order valence-electron chi connectivity index (χ2n) is 5.22. The molecule has 2 rings (SSSR count). The highest BCUT2D eigenvalue weighted by molar-refractivity contribution is 6.62. The van der Waals surface area contributed by atoms with E-state index in [4.69, 9.17) is 20.9 Å². The molecule has 18 heavy (non-hydrogen) atoms. The highest BCUT2D eigenvalue weighted by atomic mass is 16.7. The molecule has 5 heteroatoms. The van der Waals surface area contributed by atoms with Gasteiger partial charge in [0, 0.05) is 16.4 Å². The minimum absolute atomic E-state index is 0.140. The van der Waals surface area contributed by atoms with Gasteiger partial charge in [-0.1, -0.05) is 0 Å². The quantitative estimate of drug-likeness (QED) is 0.771. The highest BCUT2D eigenvalue weighted by Crippen LogP contribution is 2.36. The number of pyridine rings is 1. The molecule has 1 aromatic heterocycles. The Hall–Kier alpha value is -1.07. The molecule has 0 aromatic carbocycles. The van der Waals surface area contributed by atoms with Gasteiger partial charge in [0.2, 0.25) is 5.88 Å². The van der Waals surface area contributed by atoms with E-state index in [1.165, 1.54) is 12.3 Å². The van der Waals surface area contributed by atoms with E-state index in [-0.39, 0.29) is 5.88 Å². The summed E-state index contributed by atoms with van der Waals surface area (Å²) in [5, 5.41) is 0. The first-order valence-corrected chi connectivity index (χ1v) is 5.76. The van der Waals surface area contributed by atoms with Crippen molar-refractivity contribution < 1.29 is 20.9 Å². The smallest absolute Gasteiger partial charge is 0.478 e. The van der Waals surface area contributed by atoms with Gasteiger partial charge in [-0.25, -0.2) is 4.98 Å². The van der Waals surface area contributed by atoms with Crippen molar-refractivity contribution in [1.82, 2.24) is 4.98 Å². The molecule has 98 valence electrons. The van der Waals surface area contributed by atoms with Crippen LogP contribution in [0.15, 0.2) is 18.3 Å². The lowest BCUT2D eigenvalue weighted by Gasteiger charge is -2.32. The SMILES string of the molecule is [2H]C([2H])([2H])C([2H])([2H])Oc1cc(B2OC(C)(C)C(C)(C)O2)ccn1. The predicted octanol–water partition coefficient (Wildman–Crippen LogP) is 1.78. The number of nitrogens with zero attached hydrogens (tertiary/aromatic N) is 1. The summed E-state index contributed by atoms with van der Waals surface area (Å²) in [4.78, 5) is 3.86. The molecule has 0 spiro atoms. The van der Waals surface area contributed by atoms with Crippen molar-refractivity contribution in [2.24, 2.45) is 0 Å². The largest absolute Gasteiger partial charge is 0.495 e. The van der Waals surface area contributed by atoms with Crippen LogP contribution in [0.2, 0.25) is 0 Å². The minimum Gasteiger partial charge on any atom is -0.478 e. The van der Waals surface area contributed by atoms with E-state index >= 15 is 0 Å². The van der Waals surface area contributed by atoms with E-state index < -0.39 is 31.7 Å². The molecule has 0 N–H and O–H groups in total. The third-order valence-electron chi connectivity index (χ3n) is 3.44. The van der Waals surface area contributed by atoms with Crippen molar-refractivity contribution in [2.75, 3.05) is 6.56 Å². The summed E-state index contributed by atoms with van der Waals surface area (Å²) in [6, 6.07) is 3.08. The molecular formula is C13H20BNO3. The van der Waals surface area contributed by atoms with Crippen LogP contribution in [0.5, 0.6) is 5.88 Å². The van der Waals surface area contributed by atoms with E-state index in [2.05, 4.69) is 4.98 Å². The lowest BCUT2D eigenvalue weighted by atomic mass is 9.80. The van der Waals surface area contributed by atoms with Crippen LogP contribution >= 0.6 is 0 Å². The average molecular weight is 254 g/mol. The van der Waals surface area contributed by atoms with Gasteiger partial charge >= 0.3 is 7.12 Å². The van der Waals surface area contributed by atoms with E-state index in [1.54, 1.807) is 6.07 Å². The molecule has 1 fully saturated rings. The summed E-state index contributed by atoms with van der Waals surface area (Å²) >= 11 is 0. The van der Waals surface area contributed by atoms with E-state index in [0.29, 0.717) is 5.46 Å². The first-order valence-electron chi connectivity index (χ1n) is 8.26. The van der Waals surface area contributed by atoms with Crippen LogP contribution in [0.3, 0.4) is 0 Å². The first kappa shape index (κ1) is 8.18. The number of ether oxygens (including phenoxy) is 1. The van der Waals surface area contributed by atoms with Gasteiger partial charge in [0.1, 0.15) is 0 Å². The molecule has 1 saturated heterocycles. The van der Waals surface area contributed by atoms with E-state index in [1.807, 2.05) is 27.7 Å². The molecule has 0 saturated carbocycles. The Morgan fingerprint density at radius 3 is 2.67 bits per heavy atom. The molecule has 1 aliphatic heterocycles. The molecule has 0 unspecified atom stereocenters. The van der Waals surface area contributed by atoms with Gasteiger partial charge in [-0.2, -0.15) is 0 Å². The second-order valence-corrected chi connectivity index (χ2v) is 5.22. The molecule has 1 aromatic rings. The summed E-state index contributed by atoms with van der Waals surface area (Å²) in [5.41, 5.74) is -0.459. The molecule has 1 aliphatic rings. The lowest BCUT2D eigenvalue weighted by molar-refractivity contribution is 0.00578. The zero-order chi connectivity index (χ0) is 17.7. The third kappa shape index (κ3) is 2.38. The molecule has 0 bridgehead atoms. The van der Waals surface area contributed by atoms with Crippen molar-refractivity contribution >= 4 is 12.6 Å². The Morgan fingerprint density at radius 2 is 2.06 bits per heavy atom. The number of hydrogen-bond acceptors (Lipinski definition) is 4. The van der Waals surface area contributed by atoms with Crippen LogP contribution < -0.4 is 10.2 Å². The topological polar surface area (TPSA) is 40.6 Å². The fourth-order valence-corrected chi connectivity index (χ4v) is 1.66. The van der Waals surface area contributed by atoms with Crippen molar-refractivity contribution in [2.45, 2.75) is 45.7 Å². The predicted molar refractivity (Wildman–Crippen MR) is 71.1 cm³/mol. The van der Waals surface area contributed by atoms with Crippen molar-refractivity contribution in [3.63, 3.8) is 0 Å². The van der Waals surface area contributed by atoms with Crippen LogP contribution in [0, 0.1) is 0 Å². The maximum Gasteiger partial charge on any atom is 0.495 e. The fourth-order valence-electron chi connectivity index (χ4n) is 1.66. The Morgan fingerprint density at radius 1 is 1.39 bits per heavy atom. The standard InChI is InChI=1S/C13H20BNO3/c1-6-16-11-9-10(7-8-15-11)14-17-12(2,3)13(4,5)18-14/h7-9H,6H2,1-5H3/i1D3,6D2. The molecule has 0 radical (unpaired) electrons. The molecule has 4 nitrogen and oxygen atoms in total. The Bertz CT molecular complexity index is 575. The zero-order valence-corrected chi connectivity index (χ0v) is 11.0. The molecular weight excluding hydrogens is 229 g/mol. The second kappa shape index (κ2) is 4.55. The van der Waals surface area contributed by atoms with Crippen LogP contribution in [-0.4, -0.2) is 29.9 Å². The monoisotopic (exact) mass is 254 g/mol. The summed E-state index contributed by atoms with van der Waals surface area (Å²) in [6.45, 7) is 1.90. The Balaban J connectivity index is 2.22. The molecule has 0 aliphatic carbocycles. The number of rotatable bonds is 3. The summed E-state index contributed by atoms with van der Waals surface area (Å²) in [5.74, 6) is -0.140. The Kier molecular flexibility index (Phi) is 2.07. The van der Waals surface area contributed by atoms with Gasteiger partial charge in [0.05, 0.1) is 20.5 Å². The van der Waals surface area contributed by atoms with Gasteiger partial charge in [-0.3, -0.25) is 0 Å². The van der Waals surface area contributed by atoms with Crippen LogP contribution in [0.4, 0.5) is 0 Å². The normalized spacial score (nSPS) is 26.7. The number of hydrogen-bond donors (Lipinski definition) is 0. The van der Waals surface area contributed by atoms with Crippen molar-refractivity contribution in [1.29, 1.82) is 0 Å². The highest BCUT2D eigenvalue weighted by Gasteiger charge is 2.51. The van der Waals surface area contributed by atoms with Crippen molar-refractivity contribution in [3.05, 3.63) is 18.3 Å². The summed E-state index contributed by atoms with van der Waals surface area (Å²) in [6.07, 6.45) is 1.39. The van der Waals surface area contributed by atoms with Crippen LogP contribution in [0.25, 0.3) is 0 Å². The van der Waals surface area contributed by atoms with Gasteiger partial charge < -0.3 is 14.0 Å². The lowest BCUT2D eigenvalue weighted by Crippen LogP contribution is -2.41. The van der Waals surface area contributed by atoms with Crippen LogP contribution in [-0.2, 0) is 9.31 Å². The zero-order valence-electron chi connectivity index (χ0n) is 16.0. The Labute approximate surface area is 116 Å². The molecule has 0 amide bonds.